The maximum absolute atomic E-state index is 6.15. The smallest absolute Gasteiger partial charge is 0.124 e. The Morgan fingerprint density at radius 3 is 2.94 bits per heavy atom. The molecule has 1 saturated heterocycles. The molecule has 3 nitrogen and oxygen atoms in total. The Morgan fingerprint density at radius 1 is 1.44 bits per heavy atom. The normalized spacial score (nSPS) is 25.8. The van der Waals surface area contributed by atoms with Crippen LogP contribution in [0.1, 0.15) is 18.9 Å². The van der Waals surface area contributed by atoms with Crippen molar-refractivity contribution in [3.63, 3.8) is 0 Å². The van der Waals surface area contributed by atoms with Gasteiger partial charge < -0.3 is 10.1 Å². The third-order valence-electron chi connectivity index (χ3n) is 3.90. The molecule has 2 rings (SSSR count). The summed E-state index contributed by atoms with van der Waals surface area (Å²) in [6.45, 7) is 5.27. The third-order valence-corrected chi connectivity index (χ3v) is 4.14. The summed E-state index contributed by atoms with van der Waals surface area (Å²) in [4.78, 5) is 2.38. The van der Waals surface area contributed by atoms with E-state index in [0.29, 0.717) is 0 Å². The van der Waals surface area contributed by atoms with Crippen molar-refractivity contribution in [2.45, 2.75) is 18.9 Å². The van der Waals surface area contributed by atoms with E-state index in [1.165, 1.54) is 0 Å². The van der Waals surface area contributed by atoms with Gasteiger partial charge in [0.05, 0.1) is 12.6 Å². The van der Waals surface area contributed by atoms with Crippen LogP contribution in [0.5, 0.6) is 5.75 Å². The lowest BCUT2D eigenvalue weighted by atomic mass is 9.89. The topological polar surface area (TPSA) is 24.5 Å². The Labute approximate surface area is 114 Å². The van der Waals surface area contributed by atoms with Crippen LogP contribution in [0.3, 0.4) is 0 Å². The molecule has 1 aliphatic rings. The fourth-order valence-electron chi connectivity index (χ4n) is 2.56. The van der Waals surface area contributed by atoms with Gasteiger partial charge in [0, 0.05) is 17.1 Å². The molecule has 0 aromatic heterocycles. The van der Waals surface area contributed by atoms with Crippen LogP contribution < -0.4 is 10.1 Å². The average Bonchev–Trinajstić information content (AvgIpc) is 2.53. The van der Waals surface area contributed by atoms with Gasteiger partial charge in [0.2, 0.25) is 0 Å². The zero-order valence-electron chi connectivity index (χ0n) is 11.3. The van der Waals surface area contributed by atoms with Crippen molar-refractivity contribution in [1.29, 1.82) is 0 Å². The molecule has 1 atom stereocenters. The fraction of sp³-hybridized carbons (Fsp3) is 0.571. The highest BCUT2D eigenvalue weighted by Crippen LogP contribution is 2.36. The van der Waals surface area contributed by atoms with E-state index in [2.05, 4.69) is 24.2 Å². The number of hydrogen-bond acceptors (Lipinski definition) is 3. The van der Waals surface area contributed by atoms with Crippen LogP contribution in [0.4, 0.5) is 0 Å². The largest absolute Gasteiger partial charge is 0.496 e. The summed E-state index contributed by atoms with van der Waals surface area (Å²) in [5.74, 6) is 0.900. The Balaban J connectivity index is 2.46. The first-order valence-electron chi connectivity index (χ1n) is 6.34. The number of methoxy groups -OCH3 is 1. The maximum atomic E-state index is 6.15. The van der Waals surface area contributed by atoms with Crippen molar-refractivity contribution >= 4 is 11.6 Å². The number of likely N-dealkylation sites (N-methyl/N-ethyl adjacent to an activating group) is 1. The number of nitrogens with zero attached hydrogens (tertiary/aromatic N) is 1. The second-order valence-electron chi connectivity index (χ2n) is 5.07. The quantitative estimate of drug-likeness (QED) is 0.892. The van der Waals surface area contributed by atoms with E-state index in [0.717, 1.165) is 42.4 Å². The number of benzene rings is 1. The van der Waals surface area contributed by atoms with Gasteiger partial charge in [-0.1, -0.05) is 11.6 Å². The minimum absolute atomic E-state index is 0.0905. The highest BCUT2D eigenvalue weighted by molar-refractivity contribution is 6.30. The van der Waals surface area contributed by atoms with E-state index in [1.807, 2.05) is 18.2 Å². The molecule has 1 aromatic rings. The van der Waals surface area contributed by atoms with Crippen molar-refractivity contribution in [2.24, 2.45) is 0 Å². The van der Waals surface area contributed by atoms with Crippen molar-refractivity contribution in [1.82, 2.24) is 10.2 Å². The molecule has 1 unspecified atom stereocenters. The Bertz CT molecular complexity index is 424. The molecule has 0 aliphatic carbocycles. The van der Waals surface area contributed by atoms with Crippen molar-refractivity contribution < 1.29 is 4.74 Å². The molecule has 0 bridgehead atoms. The van der Waals surface area contributed by atoms with Crippen LogP contribution >= 0.6 is 11.6 Å². The Morgan fingerprint density at radius 2 is 2.22 bits per heavy atom. The standard InChI is InChI=1S/C14H21ClN2O/c1-14(10-16-7-4-8-17(14)2)12-9-11(15)5-6-13(12)18-3/h5-6,9,16H,4,7-8,10H2,1-3H3. The number of rotatable bonds is 2. The predicted octanol–water partition coefficient (Wildman–Crippen LogP) is 2.49. The molecule has 0 amide bonds. The average molecular weight is 269 g/mol. The Kier molecular flexibility index (Phi) is 4.15. The van der Waals surface area contributed by atoms with Crippen molar-refractivity contribution in [2.75, 3.05) is 33.8 Å². The van der Waals surface area contributed by atoms with Gasteiger partial charge in [0.1, 0.15) is 5.75 Å². The second-order valence-corrected chi connectivity index (χ2v) is 5.51. The molecule has 0 radical (unpaired) electrons. The maximum Gasteiger partial charge on any atom is 0.124 e. The van der Waals surface area contributed by atoms with Crippen molar-refractivity contribution in [3.05, 3.63) is 28.8 Å². The van der Waals surface area contributed by atoms with Crippen LogP contribution in [-0.2, 0) is 5.54 Å². The van der Waals surface area contributed by atoms with E-state index in [9.17, 15) is 0 Å². The third kappa shape index (κ3) is 2.48. The molecule has 18 heavy (non-hydrogen) atoms. The lowest BCUT2D eigenvalue weighted by molar-refractivity contribution is 0.147. The molecular weight excluding hydrogens is 248 g/mol. The molecular formula is C14H21ClN2O. The SMILES string of the molecule is COc1ccc(Cl)cc1C1(C)CNCCCN1C. The summed E-state index contributed by atoms with van der Waals surface area (Å²) >= 11 is 6.15. The van der Waals surface area contributed by atoms with E-state index in [-0.39, 0.29) is 5.54 Å². The lowest BCUT2D eigenvalue weighted by Crippen LogP contribution is -2.46. The van der Waals surface area contributed by atoms with Gasteiger partial charge >= 0.3 is 0 Å². The van der Waals surface area contributed by atoms with E-state index in [4.69, 9.17) is 16.3 Å². The highest BCUT2D eigenvalue weighted by atomic mass is 35.5. The first-order valence-corrected chi connectivity index (χ1v) is 6.72. The number of ether oxygens (including phenoxy) is 1. The van der Waals surface area contributed by atoms with Crippen molar-refractivity contribution in [3.8, 4) is 5.75 Å². The summed E-state index contributed by atoms with van der Waals surface area (Å²) < 4.78 is 5.49. The number of nitrogens with one attached hydrogen (secondary N) is 1. The first-order chi connectivity index (χ1) is 8.58. The Hall–Kier alpha value is -0.770. The summed E-state index contributed by atoms with van der Waals surface area (Å²) in [7, 11) is 3.87. The molecule has 0 saturated carbocycles. The van der Waals surface area contributed by atoms with Crippen LogP contribution in [0, 0.1) is 0 Å². The first kappa shape index (κ1) is 13.7. The van der Waals surface area contributed by atoms with Crippen LogP contribution in [0.15, 0.2) is 18.2 Å². The molecule has 0 spiro atoms. The minimum Gasteiger partial charge on any atom is -0.496 e. The van der Waals surface area contributed by atoms with E-state index < -0.39 is 0 Å². The molecule has 1 N–H and O–H groups in total. The molecule has 1 aliphatic heterocycles. The van der Waals surface area contributed by atoms with Gasteiger partial charge in [-0.25, -0.2) is 0 Å². The van der Waals surface area contributed by atoms with Gasteiger partial charge in [-0.15, -0.1) is 0 Å². The van der Waals surface area contributed by atoms with Crippen LogP contribution in [-0.4, -0.2) is 38.7 Å². The monoisotopic (exact) mass is 268 g/mol. The van der Waals surface area contributed by atoms with E-state index in [1.54, 1.807) is 7.11 Å². The van der Waals surface area contributed by atoms with Gasteiger partial charge in [-0.2, -0.15) is 0 Å². The van der Waals surface area contributed by atoms with Gasteiger partial charge in [0.15, 0.2) is 0 Å². The van der Waals surface area contributed by atoms with Gasteiger partial charge in [0.25, 0.3) is 0 Å². The lowest BCUT2D eigenvalue weighted by Gasteiger charge is -2.38. The molecule has 1 heterocycles. The van der Waals surface area contributed by atoms with Gasteiger partial charge in [-0.05, 0) is 51.7 Å². The molecule has 1 aromatic carbocycles. The molecule has 4 heteroatoms. The highest BCUT2D eigenvalue weighted by Gasteiger charge is 2.35. The van der Waals surface area contributed by atoms with Crippen LogP contribution in [0.25, 0.3) is 0 Å². The molecule has 1 fully saturated rings. The summed E-state index contributed by atoms with van der Waals surface area (Å²) in [6.07, 6.45) is 1.16. The minimum atomic E-state index is -0.0905. The zero-order chi connectivity index (χ0) is 13.2. The second kappa shape index (κ2) is 5.47. The summed E-state index contributed by atoms with van der Waals surface area (Å²) in [5, 5.41) is 4.25. The zero-order valence-corrected chi connectivity index (χ0v) is 12.0. The molecule has 100 valence electrons. The van der Waals surface area contributed by atoms with Crippen LogP contribution in [0.2, 0.25) is 5.02 Å². The summed E-state index contributed by atoms with van der Waals surface area (Å²) in [6, 6.07) is 5.84. The number of hydrogen-bond donors (Lipinski definition) is 1. The predicted molar refractivity (Wildman–Crippen MR) is 75.5 cm³/mol. The van der Waals surface area contributed by atoms with Gasteiger partial charge in [-0.3, -0.25) is 4.90 Å². The summed E-state index contributed by atoms with van der Waals surface area (Å²) in [5.41, 5.74) is 1.06. The number of halogens is 1. The fourth-order valence-corrected chi connectivity index (χ4v) is 2.73. The van der Waals surface area contributed by atoms with E-state index >= 15 is 0 Å².